The van der Waals surface area contributed by atoms with E-state index in [1.807, 2.05) is 49.1 Å². The summed E-state index contributed by atoms with van der Waals surface area (Å²) in [5.74, 6) is 0.569. The van der Waals surface area contributed by atoms with Crippen molar-refractivity contribution in [3.63, 3.8) is 0 Å². The summed E-state index contributed by atoms with van der Waals surface area (Å²) in [6.07, 6.45) is 0. The van der Waals surface area contributed by atoms with Crippen LogP contribution in [0, 0.1) is 0 Å². The summed E-state index contributed by atoms with van der Waals surface area (Å²) < 4.78 is 0. The second-order valence-corrected chi connectivity index (χ2v) is 5.56. The number of carbonyl (C=O) groups excluding carboxylic acids is 1. The summed E-state index contributed by atoms with van der Waals surface area (Å²) in [6, 6.07) is 9.36. The van der Waals surface area contributed by atoms with Crippen LogP contribution in [-0.2, 0) is 4.79 Å². The molecule has 0 saturated carbocycles. The highest BCUT2D eigenvalue weighted by Gasteiger charge is 2.29. The predicted octanol–water partition coefficient (Wildman–Crippen LogP) is 0.721. The molecule has 1 amide bonds. The average molecular weight is 300 g/mol. The maximum atomic E-state index is 12.6. The molecule has 1 aliphatic rings. The topological polar surface area (TPSA) is 75.9 Å². The number of rotatable bonds is 3. The van der Waals surface area contributed by atoms with Crippen LogP contribution in [0.15, 0.2) is 30.3 Å². The van der Waals surface area contributed by atoms with Crippen LogP contribution in [0.4, 0.5) is 0 Å². The van der Waals surface area contributed by atoms with Gasteiger partial charge in [0.1, 0.15) is 6.04 Å². The van der Waals surface area contributed by atoms with Gasteiger partial charge in [0.2, 0.25) is 11.7 Å². The van der Waals surface area contributed by atoms with E-state index in [4.69, 9.17) is 0 Å². The summed E-state index contributed by atoms with van der Waals surface area (Å²) >= 11 is 0. The Labute approximate surface area is 129 Å². The van der Waals surface area contributed by atoms with Crippen LogP contribution in [0.2, 0.25) is 0 Å². The minimum atomic E-state index is -0.453. The Balaban J connectivity index is 1.76. The molecule has 0 radical (unpaired) electrons. The fourth-order valence-electron chi connectivity index (χ4n) is 2.60. The van der Waals surface area contributed by atoms with Crippen molar-refractivity contribution in [1.29, 1.82) is 0 Å². The molecule has 7 heteroatoms. The molecule has 1 saturated heterocycles. The van der Waals surface area contributed by atoms with Gasteiger partial charge in [0, 0.05) is 31.2 Å². The molecule has 7 nitrogen and oxygen atoms in total. The van der Waals surface area contributed by atoms with Crippen LogP contribution in [0.1, 0.15) is 19.9 Å². The SMILES string of the molecule is CC1CNCCN1C(=O)C(C)n1nnc(-c2ccccc2)n1. The molecule has 1 fully saturated rings. The Morgan fingerprint density at radius 1 is 1.36 bits per heavy atom. The fourth-order valence-corrected chi connectivity index (χ4v) is 2.60. The number of nitrogens with one attached hydrogen (secondary N) is 1. The first-order valence-electron chi connectivity index (χ1n) is 7.53. The van der Waals surface area contributed by atoms with E-state index in [2.05, 4.69) is 20.7 Å². The monoisotopic (exact) mass is 300 g/mol. The first kappa shape index (κ1) is 14.6. The molecular weight excluding hydrogens is 280 g/mol. The number of benzene rings is 1. The van der Waals surface area contributed by atoms with Crippen LogP contribution < -0.4 is 5.32 Å². The zero-order chi connectivity index (χ0) is 15.5. The molecule has 0 bridgehead atoms. The molecule has 1 aromatic heterocycles. The maximum Gasteiger partial charge on any atom is 0.249 e. The van der Waals surface area contributed by atoms with Crippen LogP contribution in [-0.4, -0.2) is 56.7 Å². The highest BCUT2D eigenvalue weighted by Crippen LogP contribution is 2.16. The van der Waals surface area contributed by atoms with Crippen molar-refractivity contribution in [2.24, 2.45) is 0 Å². The van der Waals surface area contributed by atoms with Crippen molar-refractivity contribution < 1.29 is 4.79 Å². The smallest absolute Gasteiger partial charge is 0.249 e. The quantitative estimate of drug-likeness (QED) is 0.904. The Kier molecular flexibility index (Phi) is 4.15. The second kappa shape index (κ2) is 6.23. The molecule has 3 rings (SSSR count). The van der Waals surface area contributed by atoms with Crippen molar-refractivity contribution in [2.45, 2.75) is 25.9 Å². The number of aromatic nitrogens is 4. The number of tetrazole rings is 1. The van der Waals surface area contributed by atoms with E-state index < -0.39 is 6.04 Å². The van der Waals surface area contributed by atoms with Gasteiger partial charge in [0.25, 0.3) is 0 Å². The van der Waals surface area contributed by atoms with E-state index in [1.54, 1.807) is 0 Å². The third-order valence-corrected chi connectivity index (χ3v) is 3.95. The molecule has 2 heterocycles. The molecule has 1 aliphatic heterocycles. The Morgan fingerprint density at radius 2 is 2.14 bits per heavy atom. The van der Waals surface area contributed by atoms with Crippen LogP contribution in [0.25, 0.3) is 11.4 Å². The van der Waals surface area contributed by atoms with Gasteiger partial charge in [0.05, 0.1) is 0 Å². The third kappa shape index (κ3) is 2.85. The van der Waals surface area contributed by atoms with Crippen LogP contribution >= 0.6 is 0 Å². The van der Waals surface area contributed by atoms with Crippen molar-refractivity contribution in [1.82, 2.24) is 30.4 Å². The van der Waals surface area contributed by atoms with E-state index in [-0.39, 0.29) is 11.9 Å². The van der Waals surface area contributed by atoms with Gasteiger partial charge >= 0.3 is 0 Å². The summed E-state index contributed by atoms with van der Waals surface area (Å²) in [5, 5.41) is 15.7. The highest BCUT2D eigenvalue weighted by molar-refractivity contribution is 5.80. The third-order valence-electron chi connectivity index (χ3n) is 3.95. The Morgan fingerprint density at radius 3 is 2.86 bits per heavy atom. The zero-order valence-corrected chi connectivity index (χ0v) is 12.8. The van der Waals surface area contributed by atoms with Crippen LogP contribution in [0.3, 0.4) is 0 Å². The van der Waals surface area contributed by atoms with Crippen molar-refractivity contribution >= 4 is 5.91 Å². The minimum absolute atomic E-state index is 0.0333. The molecule has 2 unspecified atom stereocenters. The van der Waals surface area contributed by atoms with Crippen molar-refractivity contribution in [3.8, 4) is 11.4 Å². The lowest BCUT2D eigenvalue weighted by Gasteiger charge is -2.35. The van der Waals surface area contributed by atoms with Crippen molar-refractivity contribution in [3.05, 3.63) is 30.3 Å². The minimum Gasteiger partial charge on any atom is -0.336 e. The average Bonchev–Trinajstić information content (AvgIpc) is 3.05. The standard InChI is InChI=1S/C15H20N6O/c1-11-10-16-8-9-20(11)15(22)12(2)21-18-14(17-19-21)13-6-4-3-5-7-13/h3-7,11-12,16H,8-10H2,1-2H3. The first-order valence-corrected chi connectivity index (χ1v) is 7.53. The molecule has 116 valence electrons. The summed E-state index contributed by atoms with van der Waals surface area (Å²) in [7, 11) is 0. The van der Waals surface area contributed by atoms with Gasteiger partial charge < -0.3 is 10.2 Å². The van der Waals surface area contributed by atoms with Gasteiger partial charge in [-0.05, 0) is 19.1 Å². The Bertz CT molecular complexity index is 640. The van der Waals surface area contributed by atoms with E-state index >= 15 is 0 Å². The molecule has 22 heavy (non-hydrogen) atoms. The number of nitrogens with zero attached hydrogens (tertiary/aromatic N) is 5. The van der Waals surface area contributed by atoms with Gasteiger partial charge in [-0.3, -0.25) is 4.79 Å². The molecule has 1 N–H and O–H groups in total. The number of hydrogen-bond donors (Lipinski definition) is 1. The van der Waals surface area contributed by atoms with E-state index in [1.165, 1.54) is 4.80 Å². The molecule has 2 atom stereocenters. The van der Waals surface area contributed by atoms with Gasteiger partial charge in [0.15, 0.2) is 0 Å². The Hall–Kier alpha value is -2.28. The second-order valence-electron chi connectivity index (χ2n) is 5.56. The molecule has 0 spiro atoms. The van der Waals surface area contributed by atoms with Crippen molar-refractivity contribution in [2.75, 3.05) is 19.6 Å². The van der Waals surface area contributed by atoms with Gasteiger partial charge in [-0.15, -0.1) is 10.2 Å². The molecule has 0 aliphatic carbocycles. The number of hydrogen-bond acceptors (Lipinski definition) is 5. The number of carbonyl (C=O) groups is 1. The lowest BCUT2D eigenvalue weighted by Crippen LogP contribution is -2.53. The van der Waals surface area contributed by atoms with E-state index in [0.29, 0.717) is 12.4 Å². The lowest BCUT2D eigenvalue weighted by molar-refractivity contribution is -0.137. The summed E-state index contributed by atoms with van der Waals surface area (Å²) in [4.78, 5) is 15.9. The molecule has 1 aromatic carbocycles. The first-order chi connectivity index (χ1) is 10.7. The van der Waals surface area contributed by atoms with Gasteiger partial charge in [-0.1, -0.05) is 30.3 Å². The fraction of sp³-hybridized carbons (Fsp3) is 0.467. The number of piperazine rings is 1. The number of amides is 1. The molecule has 2 aromatic rings. The maximum absolute atomic E-state index is 12.6. The summed E-state index contributed by atoms with van der Waals surface area (Å²) in [6.45, 7) is 6.21. The zero-order valence-electron chi connectivity index (χ0n) is 12.8. The van der Waals surface area contributed by atoms with Crippen LogP contribution in [0.5, 0.6) is 0 Å². The normalized spacial score (nSPS) is 19.9. The largest absolute Gasteiger partial charge is 0.336 e. The molecular formula is C15H20N6O. The lowest BCUT2D eigenvalue weighted by atomic mass is 10.2. The summed E-state index contributed by atoms with van der Waals surface area (Å²) in [5.41, 5.74) is 0.893. The predicted molar refractivity (Wildman–Crippen MR) is 82.0 cm³/mol. The van der Waals surface area contributed by atoms with E-state index in [9.17, 15) is 4.79 Å². The van der Waals surface area contributed by atoms with E-state index in [0.717, 1.165) is 18.7 Å². The van der Waals surface area contributed by atoms with Gasteiger partial charge in [-0.2, -0.15) is 4.80 Å². The van der Waals surface area contributed by atoms with Gasteiger partial charge in [-0.25, -0.2) is 0 Å². The highest BCUT2D eigenvalue weighted by atomic mass is 16.2.